The van der Waals surface area contributed by atoms with Crippen molar-refractivity contribution in [3.8, 4) is 6.07 Å². The molecule has 1 N–H and O–H groups in total. The Balaban J connectivity index is 1.69. The Morgan fingerprint density at radius 1 is 1.07 bits per heavy atom. The summed E-state index contributed by atoms with van der Waals surface area (Å²) in [4.78, 5) is 24.8. The number of hydrogen-bond donors (Lipinski definition) is 1. The van der Waals surface area contributed by atoms with Crippen LogP contribution in [-0.4, -0.2) is 19.0 Å². The van der Waals surface area contributed by atoms with Gasteiger partial charge in [0.05, 0.1) is 12.7 Å². The highest BCUT2D eigenvalue weighted by Gasteiger charge is 2.12. The van der Waals surface area contributed by atoms with Crippen molar-refractivity contribution < 1.29 is 18.7 Å². The van der Waals surface area contributed by atoms with Crippen LogP contribution in [0.1, 0.15) is 16.1 Å². The first-order chi connectivity index (χ1) is 14.1. The molecule has 0 saturated carbocycles. The van der Waals surface area contributed by atoms with Crippen LogP contribution in [0.25, 0.3) is 6.08 Å². The van der Waals surface area contributed by atoms with Crippen molar-refractivity contribution in [2.45, 2.75) is 9.99 Å². The highest BCUT2D eigenvalue weighted by Crippen LogP contribution is 2.29. The number of esters is 1. The zero-order valence-corrected chi connectivity index (χ0v) is 16.2. The summed E-state index contributed by atoms with van der Waals surface area (Å²) in [5.74, 6) is -0.648. The topological polar surface area (TPSA) is 92.3 Å². The van der Waals surface area contributed by atoms with E-state index in [1.54, 1.807) is 24.3 Å². The summed E-state index contributed by atoms with van der Waals surface area (Å²) < 4.78 is 10.3. The Morgan fingerprint density at radius 2 is 1.79 bits per heavy atom. The van der Waals surface area contributed by atoms with Gasteiger partial charge in [-0.1, -0.05) is 30.0 Å². The molecule has 0 unspecified atom stereocenters. The van der Waals surface area contributed by atoms with Crippen molar-refractivity contribution in [1.82, 2.24) is 0 Å². The van der Waals surface area contributed by atoms with Gasteiger partial charge in [0.25, 0.3) is 5.91 Å². The summed E-state index contributed by atoms with van der Waals surface area (Å²) in [6, 6.07) is 21.2. The lowest BCUT2D eigenvalue weighted by Gasteiger charge is -2.05. The van der Waals surface area contributed by atoms with E-state index in [0.29, 0.717) is 22.1 Å². The van der Waals surface area contributed by atoms with E-state index < -0.39 is 11.9 Å². The van der Waals surface area contributed by atoms with Crippen molar-refractivity contribution in [3.63, 3.8) is 0 Å². The van der Waals surface area contributed by atoms with Gasteiger partial charge in [-0.3, -0.25) is 4.79 Å². The molecule has 0 aliphatic rings. The molecule has 0 aliphatic heterocycles. The van der Waals surface area contributed by atoms with Crippen molar-refractivity contribution >= 4 is 35.4 Å². The molecule has 0 fully saturated rings. The minimum absolute atomic E-state index is 0.104. The van der Waals surface area contributed by atoms with E-state index in [2.05, 4.69) is 10.1 Å². The van der Waals surface area contributed by atoms with Gasteiger partial charge < -0.3 is 14.5 Å². The molecule has 2 aromatic carbocycles. The second-order valence-electron chi connectivity index (χ2n) is 5.76. The first kappa shape index (κ1) is 20.0. The number of hydrogen-bond acceptors (Lipinski definition) is 6. The zero-order chi connectivity index (χ0) is 20.6. The van der Waals surface area contributed by atoms with E-state index in [9.17, 15) is 14.9 Å². The molecule has 1 aromatic heterocycles. The standard InChI is InChI=1S/C22H16N2O4S/c1-27-22(26)15-7-9-17(10-8-15)24-21(25)16(14-23)13-18-11-12-20(28-18)29-19-5-3-2-4-6-19/h2-13H,1H3,(H,24,25)/b16-13+. The lowest BCUT2D eigenvalue weighted by molar-refractivity contribution is -0.112. The molecule has 0 radical (unpaired) electrons. The first-order valence-electron chi connectivity index (χ1n) is 8.53. The minimum atomic E-state index is -0.577. The number of anilines is 1. The van der Waals surface area contributed by atoms with Crippen LogP contribution in [0, 0.1) is 11.3 Å². The largest absolute Gasteiger partial charge is 0.465 e. The molecule has 3 rings (SSSR count). The van der Waals surface area contributed by atoms with Crippen LogP contribution in [0.4, 0.5) is 5.69 Å². The van der Waals surface area contributed by atoms with Gasteiger partial charge in [-0.25, -0.2) is 4.79 Å². The van der Waals surface area contributed by atoms with E-state index >= 15 is 0 Å². The van der Waals surface area contributed by atoms with Gasteiger partial charge in [0.2, 0.25) is 0 Å². The molecule has 0 aliphatic carbocycles. The van der Waals surface area contributed by atoms with E-state index in [1.165, 1.54) is 37.1 Å². The monoisotopic (exact) mass is 404 g/mol. The van der Waals surface area contributed by atoms with Gasteiger partial charge >= 0.3 is 5.97 Å². The van der Waals surface area contributed by atoms with Crippen molar-refractivity contribution in [2.75, 3.05) is 12.4 Å². The molecule has 6 nitrogen and oxygen atoms in total. The summed E-state index contributed by atoms with van der Waals surface area (Å²) in [6.45, 7) is 0. The fraction of sp³-hybridized carbons (Fsp3) is 0.0455. The maximum atomic E-state index is 12.4. The summed E-state index contributed by atoms with van der Waals surface area (Å²) in [7, 11) is 1.29. The first-order valence-corrected chi connectivity index (χ1v) is 9.35. The molecular weight excluding hydrogens is 388 g/mol. The van der Waals surface area contributed by atoms with Crippen LogP contribution >= 0.6 is 11.8 Å². The van der Waals surface area contributed by atoms with E-state index in [4.69, 9.17) is 4.42 Å². The van der Waals surface area contributed by atoms with Gasteiger partial charge in [0, 0.05) is 16.7 Å². The molecule has 0 spiro atoms. The quantitative estimate of drug-likeness (QED) is 0.362. The molecular formula is C22H16N2O4S. The Bertz CT molecular complexity index is 1080. The third kappa shape index (κ3) is 5.37. The second-order valence-corrected chi connectivity index (χ2v) is 6.84. The van der Waals surface area contributed by atoms with E-state index in [0.717, 1.165) is 4.90 Å². The molecule has 144 valence electrons. The number of methoxy groups -OCH3 is 1. The van der Waals surface area contributed by atoms with Crippen LogP contribution < -0.4 is 5.32 Å². The maximum Gasteiger partial charge on any atom is 0.337 e. The number of amides is 1. The van der Waals surface area contributed by atoms with Gasteiger partial charge in [0.15, 0.2) is 5.09 Å². The number of nitrogens with one attached hydrogen (secondary N) is 1. The average molecular weight is 404 g/mol. The Morgan fingerprint density at radius 3 is 2.45 bits per heavy atom. The Labute approximate surface area is 171 Å². The molecule has 1 amide bonds. The SMILES string of the molecule is COC(=O)c1ccc(NC(=O)/C(C#N)=C/c2ccc(Sc3ccccc3)o2)cc1. The third-order valence-electron chi connectivity index (χ3n) is 3.78. The van der Waals surface area contributed by atoms with E-state index in [1.807, 2.05) is 36.4 Å². The third-order valence-corrected chi connectivity index (χ3v) is 4.71. The number of carbonyl (C=O) groups is 2. The van der Waals surface area contributed by atoms with Gasteiger partial charge in [0.1, 0.15) is 17.4 Å². The maximum absolute atomic E-state index is 12.4. The Hall–Kier alpha value is -3.76. The lowest BCUT2D eigenvalue weighted by atomic mass is 10.2. The average Bonchev–Trinajstić information content (AvgIpc) is 3.19. The number of nitrogens with zero attached hydrogens (tertiary/aromatic N) is 1. The number of ether oxygens (including phenoxy) is 1. The lowest BCUT2D eigenvalue weighted by Crippen LogP contribution is -2.13. The van der Waals surface area contributed by atoms with Crippen LogP contribution in [-0.2, 0) is 9.53 Å². The smallest absolute Gasteiger partial charge is 0.337 e. The summed E-state index contributed by atoms with van der Waals surface area (Å²) in [5, 5.41) is 12.6. The van der Waals surface area contributed by atoms with Crippen molar-refractivity contribution in [1.29, 1.82) is 5.26 Å². The van der Waals surface area contributed by atoms with Crippen molar-refractivity contribution in [2.24, 2.45) is 0 Å². The molecule has 0 saturated heterocycles. The predicted molar refractivity (Wildman–Crippen MR) is 109 cm³/mol. The number of nitriles is 1. The van der Waals surface area contributed by atoms with Crippen LogP contribution in [0.2, 0.25) is 0 Å². The minimum Gasteiger partial charge on any atom is -0.465 e. The Kier molecular flexibility index (Phi) is 6.51. The fourth-order valence-electron chi connectivity index (χ4n) is 2.37. The van der Waals surface area contributed by atoms with Gasteiger partial charge in [-0.15, -0.1) is 0 Å². The number of benzene rings is 2. The van der Waals surface area contributed by atoms with Crippen LogP contribution in [0.15, 0.2) is 86.7 Å². The molecule has 29 heavy (non-hydrogen) atoms. The fourth-order valence-corrected chi connectivity index (χ4v) is 3.17. The highest BCUT2D eigenvalue weighted by molar-refractivity contribution is 7.99. The van der Waals surface area contributed by atoms with Gasteiger partial charge in [-0.05, 0) is 48.5 Å². The molecule has 7 heteroatoms. The van der Waals surface area contributed by atoms with Gasteiger partial charge in [-0.2, -0.15) is 5.26 Å². The normalized spacial score (nSPS) is 10.8. The summed E-state index contributed by atoms with van der Waals surface area (Å²) >= 11 is 1.44. The summed E-state index contributed by atoms with van der Waals surface area (Å²) in [6.07, 6.45) is 1.38. The predicted octanol–water partition coefficient (Wildman–Crippen LogP) is 4.76. The zero-order valence-electron chi connectivity index (χ0n) is 15.4. The molecule has 3 aromatic rings. The second kappa shape index (κ2) is 9.44. The number of carbonyl (C=O) groups excluding carboxylic acids is 2. The molecule has 0 atom stereocenters. The van der Waals surface area contributed by atoms with Crippen LogP contribution in [0.5, 0.6) is 0 Å². The molecule has 1 heterocycles. The van der Waals surface area contributed by atoms with Crippen molar-refractivity contribution in [3.05, 3.63) is 83.6 Å². The highest BCUT2D eigenvalue weighted by atomic mass is 32.2. The number of furan rings is 1. The number of rotatable bonds is 6. The van der Waals surface area contributed by atoms with Crippen LogP contribution in [0.3, 0.4) is 0 Å². The molecule has 0 bridgehead atoms. The van der Waals surface area contributed by atoms with E-state index in [-0.39, 0.29) is 5.57 Å². The summed E-state index contributed by atoms with van der Waals surface area (Å²) in [5.41, 5.74) is 0.705.